The second kappa shape index (κ2) is 23.2. The summed E-state index contributed by atoms with van der Waals surface area (Å²) in [6.45, 7) is 26.1. The molecule has 12 heteroatoms. The van der Waals surface area contributed by atoms with Gasteiger partial charge in [0, 0.05) is 12.6 Å². The first kappa shape index (κ1) is 46.9. The number of ketones is 1. The highest BCUT2D eigenvalue weighted by Crippen LogP contribution is 2.31. The summed E-state index contributed by atoms with van der Waals surface area (Å²) in [7, 11) is 0. The third-order valence-electron chi connectivity index (χ3n) is 7.26. The maximum atomic E-state index is 13.6. The van der Waals surface area contributed by atoms with E-state index >= 15 is 0 Å². The number of hydrogen-bond acceptors (Lipinski definition) is 6. The number of hydrogen-bond donors (Lipinski definition) is 5. The highest BCUT2D eigenvalue weighted by Gasteiger charge is 2.43. The van der Waals surface area contributed by atoms with E-state index in [4.69, 9.17) is 5.73 Å². The monoisotopic (exact) mass is 683 g/mol. The van der Waals surface area contributed by atoms with Gasteiger partial charge in [-0.1, -0.05) is 108 Å². The van der Waals surface area contributed by atoms with Crippen LogP contribution in [0.2, 0.25) is 0 Å². The fraction of sp³-hybridized carbons (Fsp3) is 0.833. The van der Waals surface area contributed by atoms with E-state index in [1.807, 2.05) is 13.8 Å². The van der Waals surface area contributed by atoms with Gasteiger partial charge in [-0.2, -0.15) is 0 Å². The summed E-state index contributed by atoms with van der Waals surface area (Å²) in [6.07, 6.45) is 6.82. The summed E-state index contributed by atoms with van der Waals surface area (Å²) >= 11 is 0. The number of urea groups is 1. The fourth-order valence-corrected chi connectivity index (χ4v) is 4.57. The number of carbonyl (C=O) groups excluding carboxylic acids is 6. The van der Waals surface area contributed by atoms with Crippen LogP contribution in [0.5, 0.6) is 0 Å². The van der Waals surface area contributed by atoms with Gasteiger partial charge in [-0.05, 0) is 49.9 Å². The summed E-state index contributed by atoms with van der Waals surface area (Å²) in [4.78, 5) is 76.4. The van der Waals surface area contributed by atoms with Crippen molar-refractivity contribution in [1.29, 1.82) is 0 Å². The molecule has 0 aromatic rings. The van der Waals surface area contributed by atoms with Crippen LogP contribution in [0.4, 0.5) is 4.79 Å². The molecule has 0 aromatic heterocycles. The Morgan fingerprint density at radius 1 is 0.812 bits per heavy atom. The molecule has 1 saturated heterocycles. The summed E-state index contributed by atoms with van der Waals surface area (Å²) < 4.78 is 0. The van der Waals surface area contributed by atoms with Gasteiger partial charge in [0.2, 0.25) is 23.5 Å². The molecule has 0 aromatic carbocycles. The van der Waals surface area contributed by atoms with Crippen LogP contribution < -0.4 is 27.0 Å². The second-order valence-electron chi connectivity index (χ2n) is 15.4. The van der Waals surface area contributed by atoms with Crippen molar-refractivity contribution in [1.82, 2.24) is 26.2 Å². The number of unbranched alkanes of at least 4 members (excludes halogenated alkanes) is 1. The summed E-state index contributed by atoms with van der Waals surface area (Å²) in [5.74, 6) is -3.03. The molecule has 1 saturated carbocycles. The zero-order valence-corrected chi connectivity index (χ0v) is 32.4. The standard InChI is InChI=1S/C25H42N6O6.C5H12.C4H10.C2H6/c1-14(2)28-18(32)13-27-24(37)30-20(25(3,4)5)23(36)31-11-7-10-17(31)22(35)29-16(19(33)21(26)34)12-15-8-6-9-15;1-5(2,3)4;1-3-4-2;1-2/h14-17,20H,6-13H2,1-5H3,(H2,26,34)(H,28,32)(H,29,35)(H2,27,30,37);1-4H3;3-4H2,1-2H3;1-2H3. The largest absolute Gasteiger partial charge is 0.363 e. The van der Waals surface area contributed by atoms with Crippen molar-refractivity contribution in [2.45, 2.75) is 166 Å². The Morgan fingerprint density at radius 3 is 1.73 bits per heavy atom. The molecular formula is C36H70N6O6. The molecule has 3 unspecified atom stereocenters. The van der Waals surface area contributed by atoms with Gasteiger partial charge in [0.1, 0.15) is 12.1 Å². The van der Waals surface area contributed by atoms with Crippen molar-refractivity contribution in [3.05, 3.63) is 0 Å². The first-order chi connectivity index (χ1) is 22.1. The van der Waals surface area contributed by atoms with Crippen molar-refractivity contribution in [3.8, 4) is 0 Å². The van der Waals surface area contributed by atoms with Gasteiger partial charge in [-0.25, -0.2) is 4.79 Å². The van der Waals surface area contributed by atoms with Gasteiger partial charge in [0.15, 0.2) is 0 Å². The lowest BCUT2D eigenvalue weighted by molar-refractivity contribution is -0.143. The number of primary amides is 1. The lowest BCUT2D eigenvalue weighted by atomic mass is 9.80. The Kier molecular flexibility index (Phi) is 22.7. The molecule has 1 aliphatic carbocycles. The molecule has 280 valence electrons. The van der Waals surface area contributed by atoms with Crippen molar-refractivity contribution < 1.29 is 28.8 Å². The third kappa shape index (κ3) is 20.2. The van der Waals surface area contributed by atoms with Gasteiger partial charge in [-0.15, -0.1) is 0 Å². The highest BCUT2D eigenvalue weighted by atomic mass is 16.2. The molecule has 0 spiro atoms. The van der Waals surface area contributed by atoms with E-state index in [0.29, 0.717) is 31.2 Å². The van der Waals surface area contributed by atoms with Crippen LogP contribution in [0, 0.1) is 16.7 Å². The van der Waals surface area contributed by atoms with Gasteiger partial charge in [-0.3, -0.25) is 24.0 Å². The Labute approximate surface area is 291 Å². The quantitative estimate of drug-likeness (QED) is 0.184. The topological polar surface area (TPSA) is 180 Å². The molecule has 2 rings (SSSR count). The number of nitrogens with zero attached hydrogens (tertiary/aromatic N) is 1. The number of amides is 6. The molecule has 6 N–H and O–H groups in total. The molecule has 12 nitrogen and oxygen atoms in total. The first-order valence-electron chi connectivity index (χ1n) is 17.9. The van der Waals surface area contributed by atoms with E-state index < -0.39 is 53.1 Å². The van der Waals surface area contributed by atoms with E-state index in [2.05, 4.69) is 62.8 Å². The average Bonchev–Trinajstić information content (AvgIpc) is 3.45. The first-order valence-corrected chi connectivity index (χ1v) is 17.9. The second-order valence-corrected chi connectivity index (χ2v) is 15.4. The smallest absolute Gasteiger partial charge is 0.315 e. The number of carbonyl (C=O) groups is 6. The van der Waals surface area contributed by atoms with Crippen LogP contribution in [0.1, 0.15) is 141 Å². The van der Waals surface area contributed by atoms with Crippen molar-refractivity contribution >= 4 is 35.4 Å². The predicted octanol–water partition coefficient (Wildman–Crippen LogP) is 4.83. The molecule has 0 radical (unpaired) electrons. The molecule has 1 aliphatic heterocycles. The molecule has 3 atom stereocenters. The molecular weight excluding hydrogens is 612 g/mol. The average molecular weight is 683 g/mol. The lowest BCUT2D eigenvalue weighted by Gasteiger charge is -2.36. The maximum absolute atomic E-state index is 13.6. The van der Waals surface area contributed by atoms with Crippen LogP contribution in [-0.4, -0.2) is 77.6 Å². The van der Waals surface area contributed by atoms with Crippen molar-refractivity contribution in [2.24, 2.45) is 22.5 Å². The highest BCUT2D eigenvalue weighted by molar-refractivity contribution is 6.37. The predicted molar refractivity (Wildman–Crippen MR) is 193 cm³/mol. The normalized spacial score (nSPS) is 17.0. The summed E-state index contributed by atoms with van der Waals surface area (Å²) in [5.41, 5.74) is 5.00. The minimum absolute atomic E-state index is 0.0777. The van der Waals surface area contributed by atoms with Crippen LogP contribution >= 0.6 is 0 Å². The van der Waals surface area contributed by atoms with E-state index in [-0.39, 0.29) is 24.4 Å². The van der Waals surface area contributed by atoms with Crippen LogP contribution in [0.25, 0.3) is 0 Å². The van der Waals surface area contributed by atoms with Crippen molar-refractivity contribution in [3.63, 3.8) is 0 Å². The molecule has 6 amide bonds. The Morgan fingerprint density at radius 2 is 1.33 bits per heavy atom. The molecule has 2 aliphatic rings. The van der Waals surface area contributed by atoms with E-state index in [1.165, 1.54) is 17.7 Å². The Balaban J connectivity index is 0. The molecule has 0 bridgehead atoms. The zero-order chi connectivity index (χ0) is 37.8. The SMILES string of the molecule is CC.CC(C)(C)C.CC(C)NC(=O)CNC(=O)NC(C(=O)N1CCCC1C(=O)NC(CC1CCC1)C(=O)C(N)=O)C(C)(C)C.CCCC. The zero-order valence-electron chi connectivity index (χ0n) is 32.4. The third-order valence-corrected chi connectivity index (χ3v) is 7.26. The van der Waals surface area contributed by atoms with E-state index in [1.54, 1.807) is 34.6 Å². The van der Waals surface area contributed by atoms with Gasteiger partial charge in [0.25, 0.3) is 5.91 Å². The van der Waals surface area contributed by atoms with Gasteiger partial charge >= 0.3 is 6.03 Å². The minimum atomic E-state index is -1.10. The van der Waals surface area contributed by atoms with E-state index in [9.17, 15) is 28.8 Å². The van der Waals surface area contributed by atoms with Crippen molar-refractivity contribution in [2.75, 3.05) is 13.1 Å². The van der Waals surface area contributed by atoms with Crippen LogP contribution in [-0.2, 0) is 24.0 Å². The molecule has 48 heavy (non-hydrogen) atoms. The molecule has 1 heterocycles. The minimum Gasteiger partial charge on any atom is -0.363 e. The number of nitrogens with two attached hydrogens (primary N) is 1. The molecule has 2 fully saturated rings. The number of nitrogens with one attached hydrogen (secondary N) is 4. The maximum Gasteiger partial charge on any atom is 0.315 e. The Bertz CT molecular complexity index is 1010. The van der Waals surface area contributed by atoms with Gasteiger partial charge in [0.05, 0.1) is 12.6 Å². The summed E-state index contributed by atoms with van der Waals surface area (Å²) in [5, 5.41) is 10.4. The number of rotatable bonds is 12. The number of likely N-dealkylation sites (tertiary alicyclic amines) is 1. The number of Topliss-reactive ketones (excluding diaryl/α,β-unsaturated/α-hetero) is 1. The Hall–Kier alpha value is -3.18. The fourth-order valence-electron chi connectivity index (χ4n) is 4.57. The van der Waals surface area contributed by atoms with E-state index in [0.717, 1.165) is 19.3 Å². The van der Waals surface area contributed by atoms with Crippen LogP contribution in [0.3, 0.4) is 0 Å². The lowest BCUT2D eigenvalue weighted by Crippen LogP contribution is -2.60. The van der Waals surface area contributed by atoms with Gasteiger partial charge < -0.3 is 31.9 Å². The van der Waals surface area contributed by atoms with Crippen LogP contribution in [0.15, 0.2) is 0 Å². The summed E-state index contributed by atoms with van der Waals surface area (Å²) in [6, 6.07) is -3.60.